The van der Waals surface area contributed by atoms with Gasteiger partial charge in [0.15, 0.2) is 9.84 Å². The number of nitrogens with zero attached hydrogens (tertiary/aromatic N) is 1. The second-order valence-corrected chi connectivity index (χ2v) is 6.05. The molecule has 0 aliphatic heterocycles. The van der Waals surface area contributed by atoms with E-state index in [0.717, 1.165) is 6.26 Å². The average Bonchev–Trinajstić information content (AvgIpc) is 2.70. The molecule has 0 bridgehead atoms. The summed E-state index contributed by atoms with van der Waals surface area (Å²) in [4.78, 5) is 15.0. The normalized spacial score (nSPS) is 11.5. The van der Waals surface area contributed by atoms with E-state index in [1.807, 2.05) is 0 Å². The molecule has 0 aliphatic rings. The number of aryl methyl sites for hydroxylation is 1. The summed E-state index contributed by atoms with van der Waals surface area (Å²) >= 11 is 0. The lowest BCUT2D eigenvalue weighted by atomic mass is 10.2. The van der Waals surface area contributed by atoms with Crippen LogP contribution in [0.5, 0.6) is 0 Å². The lowest BCUT2D eigenvalue weighted by Crippen LogP contribution is -1.96. The number of carbonyl (C=O) groups is 1. The number of aromatic nitrogens is 1. The molecule has 0 saturated heterocycles. The highest BCUT2D eigenvalue weighted by Crippen LogP contribution is 2.23. The van der Waals surface area contributed by atoms with Gasteiger partial charge < -0.3 is 9.52 Å². The zero-order valence-corrected chi connectivity index (χ0v) is 11.1. The molecule has 0 unspecified atom stereocenters. The third kappa shape index (κ3) is 2.65. The van der Waals surface area contributed by atoms with Crippen LogP contribution in [-0.4, -0.2) is 30.7 Å². The maximum absolute atomic E-state index is 11.3. The van der Waals surface area contributed by atoms with E-state index in [4.69, 9.17) is 9.52 Å². The molecule has 2 rings (SSSR count). The maximum atomic E-state index is 11.3. The van der Waals surface area contributed by atoms with Gasteiger partial charge in [0.2, 0.25) is 11.7 Å². The van der Waals surface area contributed by atoms with Crippen molar-refractivity contribution in [3.8, 4) is 11.5 Å². The summed E-state index contributed by atoms with van der Waals surface area (Å²) in [5.41, 5.74) is 0.790. The SMILES string of the molecule is Cc1nc(-c2ccc(S(C)(=O)=O)cc2)oc1C(=O)O. The van der Waals surface area contributed by atoms with Crippen molar-refractivity contribution in [1.29, 1.82) is 0 Å². The van der Waals surface area contributed by atoms with Crippen LogP contribution in [0.1, 0.15) is 16.2 Å². The minimum atomic E-state index is -3.26. The van der Waals surface area contributed by atoms with Crippen molar-refractivity contribution in [1.82, 2.24) is 4.98 Å². The van der Waals surface area contributed by atoms with Crippen LogP contribution in [0.25, 0.3) is 11.5 Å². The van der Waals surface area contributed by atoms with Crippen LogP contribution >= 0.6 is 0 Å². The number of sulfone groups is 1. The van der Waals surface area contributed by atoms with Crippen molar-refractivity contribution in [2.75, 3.05) is 6.26 Å². The Balaban J connectivity index is 2.43. The first-order valence-corrected chi connectivity index (χ1v) is 7.19. The second kappa shape index (κ2) is 4.51. The van der Waals surface area contributed by atoms with Crippen molar-refractivity contribution in [2.24, 2.45) is 0 Å². The molecule has 2 aromatic rings. The summed E-state index contributed by atoms with van der Waals surface area (Å²) in [5.74, 6) is -1.26. The summed E-state index contributed by atoms with van der Waals surface area (Å²) in [6.45, 7) is 1.53. The van der Waals surface area contributed by atoms with Gasteiger partial charge in [0, 0.05) is 11.8 Å². The molecule has 1 aromatic carbocycles. The zero-order chi connectivity index (χ0) is 14.2. The van der Waals surface area contributed by atoms with E-state index in [2.05, 4.69) is 4.98 Å². The van der Waals surface area contributed by atoms with Crippen LogP contribution in [0.3, 0.4) is 0 Å². The van der Waals surface area contributed by atoms with E-state index in [1.54, 1.807) is 0 Å². The van der Waals surface area contributed by atoms with E-state index in [9.17, 15) is 13.2 Å². The molecular formula is C12H11NO5S. The first-order chi connectivity index (χ1) is 8.79. The van der Waals surface area contributed by atoms with Crippen LogP contribution in [0.15, 0.2) is 33.6 Å². The van der Waals surface area contributed by atoms with Crippen LogP contribution in [-0.2, 0) is 9.84 Å². The van der Waals surface area contributed by atoms with Crippen molar-refractivity contribution < 1.29 is 22.7 Å². The molecule has 1 aromatic heterocycles. The van der Waals surface area contributed by atoms with E-state index in [1.165, 1.54) is 31.2 Å². The van der Waals surface area contributed by atoms with Crippen molar-refractivity contribution in [3.05, 3.63) is 35.7 Å². The highest BCUT2D eigenvalue weighted by molar-refractivity contribution is 7.90. The molecule has 6 nitrogen and oxygen atoms in total. The van der Waals surface area contributed by atoms with Crippen molar-refractivity contribution in [3.63, 3.8) is 0 Å². The molecule has 1 heterocycles. The molecule has 0 atom stereocenters. The van der Waals surface area contributed by atoms with Gasteiger partial charge in [0.05, 0.1) is 10.6 Å². The highest BCUT2D eigenvalue weighted by Gasteiger charge is 2.17. The van der Waals surface area contributed by atoms with E-state index in [0.29, 0.717) is 5.56 Å². The van der Waals surface area contributed by atoms with Gasteiger partial charge in [-0.25, -0.2) is 18.2 Å². The van der Waals surface area contributed by atoms with Gasteiger partial charge in [-0.15, -0.1) is 0 Å². The number of carboxylic acids is 1. The number of carboxylic acid groups (broad SMARTS) is 1. The van der Waals surface area contributed by atoms with Gasteiger partial charge in [-0.3, -0.25) is 0 Å². The standard InChI is InChI=1S/C12H11NO5S/c1-7-10(12(14)15)18-11(13-7)8-3-5-9(6-4-8)19(2,16)17/h3-6H,1-2H3,(H,14,15). The fraction of sp³-hybridized carbons (Fsp3) is 0.167. The fourth-order valence-corrected chi connectivity index (χ4v) is 2.19. The van der Waals surface area contributed by atoms with E-state index >= 15 is 0 Å². The average molecular weight is 281 g/mol. The van der Waals surface area contributed by atoms with E-state index < -0.39 is 15.8 Å². The number of hydrogen-bond acceptors (Lipinski definition) is 5. The molecule has 7 heteroatoms. The molecule has 0 aliphatic carbocycles. The van der Waals surface area contributed by atoms with Gasteiger partial charge in [0.1, 0.15) is 0 Å². The Morgan fingerprint density at radius 1 is 1.26 bits per heavy atom. The molecule has 19 heavy (non-hydrogen) atoms. The lowest BCUT2D eigenvalue weighted by Gasteiger charge is -1.99. The largest absolute Gasteiger partial charge is 0.475 e. The number of oxazole rings is 1. The monoisotopic (exact) mass is 281 g/mol. The van der Waals surface area contributed by atoms with Gasteiger partial charge >= 0.3 is 5.97 Å². The maximum Gasteiger partial charge on any atom is 0.373 e. The third-order valence-electron chi connectivity index (χ3n) is 2.52. The molecule has 0 saturated carbocycles. The highest BCUT2D eigenvalue weighted by atomic mass is 32.2. The molecule has 0 amide bonds. The molecular weight excluding hydrogens is 270 g/mol. The number of hydrogen-bond donors (Lipinski definition) is 1. The van der Waals surface area contributed by atoms with Gasteiger partial charge in [0.25, 0.3) is 0 Å². The molecule has 0 spiro atoms. The van der Waals surface area contributed by atoms with Crippen LogP contribution in [0, 0.1) is 6.92 Å². The van der Waals surface area contributed by atoms with Crippen LogP contribution in [0.2, 0.25) is 0 Å². The lowest BCUT2D eigenvalue weighted by molar-refractivity contribution is 0.0662. The Morgan fingerprint density at radius 2 is 1.84 bits per heavy atom. The summed E-state index contributed by atoms with van der Waals surface area (Å²) in [5, 5.41) is 8.86. The summed E-state index contributed by atoms with van der Waals surface area (Å²) in [6.07, 6.45) is 1.11. The smallest absolute Gasteiger partial charge is 0.373 e. The Morgan fingerprint density at radius 3 is 2.26 bits per heavy atom. The Hall–Kier alpha value is -2.15. The Labute approximate surface area is 109 Å². The fourth-order valence-electron chi connectivity index (χ4n) is 1.56. The van der Waals surface area contributed by atoms with Gasteiger partial charge in [-0.2, -0.15) is 0 Å². The molecule has 100 valence electrons. The summed E-state index contributed by atoms with van der Waals surface area (Å²) < 4.78 is 27.8. The summed E-state index contributed by atoms with van der Waals surface area (Å²) in [7, 11) is -3.26. The first-order valence-electron chi connectivity index (χ1n) is 5.30. The minimum absolute atomic E-state index is 0.148. The topological polar surface area (TPSA) is 97.5 Å². The second-order valence-electron chi connectivity index (χ2n) is 4.04. The predicted octanol–water partition coefficient (Wildman–Crippen LogP) is 1.75. The third-order valence-corrected chi connectivity index (χ3v) is 3.65. The van der Waals surface area contributed by atoms with E-state index in [-0.39, 0.29) is 22.2 Å². The van der Waals surface area contributed by atoms with Crippen molar-refractivity contribution >= 4 is 15.8 Å². The van der Waals surface area contributed by atoms with Crippen LogP contribution in [0.4, 0.5) is 0 Å². The predicted molar refractivity (Wildman–Crippen MR) is 66.7 cm³/mol. The molecule has 1 N–H and O–H groups in total. The van der Waals surface area contributed by atoms with Gasteiger partial charge in [-0.05, 0) is 31.2 Å². The van der Waals surface area contributed by atoms with Gasteiger partial charge in [-0.1, -0.05) is 0 Å². The quantitative estimate of drug-likeness (QED) is 0.920. The number of aromatic carboxylic acids is 1. The summed E-state index contributed by atoms with van der Waals surface area (Å²) in [6, 6.07) is 5.88. The number of benzene rings is 1. The number of rotatable bonds is 3. The Bertz CT molecular complexity index is 728. The molecule has 0 fully saturated rings. The van der Waals surface area contributed by atoms with Crippen molar-refractivity contribution in [2.45, 2.75) is 11.8 Å². The zero-order valence-electron chi connectivity index (χ0n) is 10.2. The Kier molecular flexibility index (Phi) is 3.15. The molecule has 0 radical (unpaired) electrons. The van der Waals surface area contributed by atoms with Crippen LogP contribution < -0.4 is 0 Å². The first kappa shape index (κ1) is 13.3. The minimum Gasteiger partial charge on any atom is -0.475 e.